The van der Waals surface area contributed by atoms with Crippen molar-refractivity contribution in [2.24, 2.45) is 5.41 Å². The standard InChI is InChI=1S/C18H29N/c1-17(2,3)18(4,5)19-14-10-9-13-16(19)15-11-7-6-8-12-15/h6-8,11-12,16H,9-10,13-14H2,1-5H3. The molecule has 1 heterocycles. The van der Waals surface area contributed by atoms with E-state index in [-0.39, 0.29) is 11.0 Å². The molecule has 1 aliphatic rings. The number of hydrogen-bond acceptors (Lipinski definition) is 1. The molecule has 1 aliphatic heterocycles. The summed E-state index contributed by atoms with van der Waals surface area (Å²) < 4.78 is 0. The van der Waals surface area contributed by atoms with Crippen LogP contribution in [0.25, 0.3) is 0 Å². The van der Waals surface area contributed by atoms with Crippen molar-refractivity contribution in [3.8, 4) is 0 Å². The van der Waals surface area contributed by atoms with E-state index in [9.17, 15) is 0 Å². The van der Waals surface area contributed by atoms with Crippen molar-refractivity contribution in [3.63, 3.8) is 0 Å². The molecule has 1 atom stereocenters. The maximum absolute atomic E-state index is 2.74. The van der Waals surface area contributed by atoms with Crippen molar-refractivity contribution < 1.29 is 0 Å². The smallest absolute Gasteiger partial charge is 0.0353 e. The molecule has 1 aromatic carbocycles. The Morgan fingerprint density at radius 3 is 2.16 bits per heavy atom. The summed E-state index contributed by atoms with van der Waals surface area (Å²) in [6, 6.07) is 11.6. The van der Waals surface area contributed by atoms with Crippen LogP contribution < -0.4 is 0 Å². The molecule has 1 heteroatoms. The Labute approximate surface area is 119 Å². The molecule has 0 aliphatic carbocycles. The second-order valence-corrected chi connectivity index (χ2v) is 7.42. The zero-order chi connectivity index (χ0) is 14.1. The Hall–Kier alpha value is -0.820. The predicted octanol–water partition coefficient (Wildman–Crippen LogP) is 5.04. The molecular formula is C18H29N. The molecule has 1 fully saturated rings. The zero-order valence-electron chi connectivity index (χ0n) is 13.2. The Bertz CT molecular complexity index is 399. The number of hydrogen-bond donors (Lipinski definition) is 0. The summed E-state index contributed by atoms with van der Waals surface area (Å²) in [6.07, 6.45) is 3.99. The van der Waals surface area contributed by atoms with Crippen LogP contribution in [0.3, 0.4) is 0 Å². The Kier molecular flexibility index (Phi) is 4.06. The third kappa shape index (κ3) is 2.86. The van der Waals surface area contributed by atoms with Gasteiger partial charge in [0.15, 0.2) is 0 Å². The van der Waals surface area contributed by atoms with E-state index < -0.39 is 0 Å². The lowest BCUT2D eigenvalue weighted by atomic mass is 9.73. The fourth-order valence-electron chi connectivity index (χ4n) is 3.05. The molecule has 19 heavy (non-hydrogen) atoms. The van der Waals surface area contributed by atoms with Gasteiger partial charge in [-0.05, 0) is 44.2 Å². The van der Waals surface area contributed by atoms with Crippen LogP contribution in [0.2, 0.25) is 0 Å². The van der Waals surface area contributed by atoms with Crippen LogP contribution >= 0.6 is 0 Å². The number of nitrogens with zero attached hydrogens (tertiary/aromatic N) is 1. The summed E-state index contributed by atoms with van der Waals surface area (Å²) >= 11 is 0. The quantitative estimate of drug-likeness (QED) is 0.719. The Morgan fingerprint density at radius 2 is 1.58 bits per heavy atom. The fraction of sp³-hybridized carbons (Fsp3) is 0.667. The summed E-state index contributed by atoms with van der Waals surface area (Å²) in [4.78, 5) is 2.74. The summed E-state index contributed by atoms with van der Waals surface area (Å²) in [6.45, 7) is 13.1. The van der Waals surface area contributed by atoms with E-state index in [0.29, 0.717) is 6.04 Å². The number of piperidine rings is 1. The molecule has 0 bridgehead atoms. The number of benzene rings is 1. The molecule has 0 aromatic heterocycles. The van der Waals surface area contributed by atoms with Crippen molar-refractivity contribution in [1.29, 1.82) is 0 Å². The van der Waals surface area contributed by atoms with Crippen molar-refractivity contribution in [3.05, 3.63) is 35.9 Å². The molecule has 2 rings (SSSR count). The van der Waals surface area contributed by atoms with Crippen molar-refractivity contribution >= 4 is 0 Å². The second kappa shape index (κ2) is 5.28. The average Bonchev–Trinajstić information content (AvgIpc) is 2.38. The fourth-order valence-corrected chi connectivity index (χ4v) is 3.05. The van der Waals surface area contributed by atoms with E-state index in [2.05, 4.69) is 69.9 Å². The molecular weight excluding hydrogens is 230 g/mol. The van der Waals surface area contributed by atoms with Gasteiger partial charge in [-0.1, -0.05) is 57.5 Å². The van der Waals surface area contributed by atoms with Gasteiger partial charge in [0.25, 0.3) is 0 Å². The van der Waals surface area contributed by atoms with Crippen LogP contribution in [0.4, 0.5) is 0 Å². The largest absolute Gasteiger partial charge is 0.291 e. The highest BCUT2D eigenvalue weighted by molar-refractivity contribution is 5.20. The zero-order valence-corrected chi connectivity index (χ0v) is 13.2. The first kappa shape index (κ1) is 14.6. The van der Waals surface area contributed by atoms with Gasteiger partial charge in [0.05, 0.1) is 0 Å². The van der Waals surface area contributed by atoms with E-state index in [1.807, 2.05) is 0 Å². The summed E-state index contributed by atoms with van der Waals surface area (Å²) in [5, 5.41) is 0. The maximum atomic E-state index is 2.74. The molecule has 1 aromatic rings. The van der Waals surface area contributed by atoms with E-state index >= 15 is 0 Å². The van der Waals surface area contributed by atoms with Crippen LogP contribution in [0, 0.1) is 5.41 Å². The van der Waals surface area contributed by atoms with Crippen LogP contribution in [0.1, 0.15) is 65.5 Å². The lowest BCUT2D eigenvalue weighted by Crippen LogP contribution is -2.55. The summed E-state index contributed by atoms with van der Waals surface area (Å²) in [5.41, 5.74) is 1.99. The third-order valence-corrected chi connectivity index (χ3v) is 5.24. The third-order valence-electron chi connectivity index (χ3n) is 5.24. The topological polar surface area (TPSA) is 3.24 Å². The van der Waals surface area contributed by atoms with Crippen molar-refractivity contribution in [1.82, 2.24) is 4.90 Å². The average molecular weight is 259 g/mol. The molecule has 1 unspecified atom stereocenters. The molecule has 1 nitrogen and oxygen atoms in total. The number of likely N-dealkylation sites (tertiary alicyclic amines) is 1. The lowest BCUT2D eigenvalue weighted by molar-refractivity contribution is -0.0301. The molecule has 0 amide bonds. The van der Waals surface area contributed by atoms with Gasteiger partial charge in [0.2, 0.25) is 0 Å². The molecule has 0 spiro atoms. The van der Waals surface area contributed by atoms with Gasteiger partial charge in [-0.3, -0.25) is 4.90 Å². The Balaban J connectivity index is 2.32. The maximum Gasteiger partial charge on any atom is 0.0353 e. The highest BCUT2D eigenvalue weighted by Gasteiger charge is 2.42. The normalized spacial score (nSPS) is 22.5. The van der Waals surface area contributed by atoms with E-state index in [1.165, 1.54) is 31.4 Å². The first-order valence-electron chi connectivity index (χ1n) is 7.66. The first-order valence-corrected chi connectivity index (χ1v) is 7.66. The molecule has 0 radical (unpaired) electrons. The van der Waals surface area contributed by atoms with Gasteiger partial charge < -0.3 is 0 Å². The minimum absolute atomic E-state index is 0.216. The van der Waals surface area contributed by atoms with E-state index in [1.54, 1.807) is 0 Å². The number of rotatable bonds is 2. The van der Waals surface area contributed by atoms with E-state index in [0.717, 1.165) is 0 Å². The first-order chi connectivity index (χ1) is 8.84. The van der Waals surface area contributed by atoms with Gasteiger partial charge in [-0.15, -0.1) is 0 Å². The molecule has 0 saturated carbocycles. The van der Waals surface area contributed by atoms with Gasteiger partial charge in [0, 0.05) is 11.6 Å². The Morgan fingerprint density at radius 1 is 0.947 bits per heavy atom. The van der Waals surface area contributed by atoms with Gasteiger partial charge in [-0.25, -0.2) is 0 Å². The van der Waals surface area contributed by atoms with Gasteiger partial charge >= 0.3 is 0 Å². The SMILES string of the molecule is CC(C)(C)C(C)(C)N1CCCCC1c1ccccc1. The summed E-state index contributed by atoms with van der Waals surface area (Å²) in [5.74, 6) is 0. The highest BCUT2D eigenvalue weighted by Crippen LogP contribution is 2.43. The molecule has 0 N–H and O–H groups in total. The monoisotopic (exact) mass is 259 g/mol. The van der Waals surface area contributed by atoms with Gasteiger partial charge in [0.1, 0.15) is 0 Å². The molecule has 1 saturated heterocycles. The lowest BCUT2D eigenvalue weighted by Gasteiger charge is -2.53. The van der Waals surface area contributed by atoms with Crippen molar-refractivity contribution in [2.75, 3.05) is 6.54 Å². The highest BCUT2D eigenvalue weighted by atomic mass is 15.2. The molecule has 106 valence electrons. The van der Waals surface area contributed by atoms with Crippen LogP contribution in [-0.4, -0.2) is 17.0 Å². The summed E-state index contributed by atoms with van der Waals surface area (Å²) in [7, 11) is 0. The second-order valence-electron chi connectivity index (χ2n) is 7.42. The van der Waals surface area contributed by atoms with Crippen LogP contribution in [-0.2, 0) is 0 Å². The minimum atomic E-state index is 0.216. The predicted molar refractivity (Wildman–Crippen MR) is 83.3 cm³/mol. The van der Waals surface area contributed by atoms with Crippen LogP contribution in [0.5, 0.6) is 0 Å². The van der Waals surface area contributed by atoms with Crippen molar-refractivity contribution in [2.45, 2.75) is 65.5 Å². The van der Waals surface area contributed by atoms with Crippen LogP contribution in [0.15, 0.2) is 30.3 Å². The minimum Gasteiger partial charge on any atom is -0.291 e. The van der Waals surface area contributed by atoms with E-state index in [4.69, 9.17) is 0 Å². The van der Waals surface area contributed by atoms with Gasteiger partial charge in [-0.2, -0.15) is 0 Å².